The molecule has 1 saturated carbocycles. The van der Waals surface area contributed by atoms with Crippen molar-refractivity contribution in [1.82, 2.24) is 0 Å². The van der Waals surface area contributed by atoms with E-state index in [0.29, 0.717) is 29.8 Å². The number of hydrogen-bond acceptors (Lipinski definition) is 3. The Labute approximate surface area is 170 Å². The van der Waals surface area contributed by atoms with Crippen LogP contribution in [-0.4, -0.2) is 34.6 Å². The molecule has 3 nitrogen and oxygen atoms in total. The van der Waals surface area contributed by atoms with E-state index >= 15 is 0 Å². The first-order valence-electron chi connectivity index (χ1n) is 10.8. The van der Waals surface area contributed by atoms with Crippen LogP contribution in [0.2, 0.25) is 0 Å². The second-order valence-corrected chi connectivity index (χ2v) is 9.59. The zero-order valence-corrected chi connectivity index (χ0v) is 18.4. The van der Waals surface area contributed by atoms with Crippen LogP contribution in [0.5, 0.6) is 0 Å². The summed E-state index contributed by atoms with van der Waals surface area (Å²) in [6, 6.07) is 0. The average Bonchev–Trinajstić information content (AvgIpc) is 3.33. The topological polar surface area (TPSA) is 53.0 Å². The van der Waals surface area contributed by atoms with E-state index in [-0.39, 0.29) is 18.1 Å². The SMILES string of the molecule is C/C=C(/C)[C@@H]1C(C)=C[C@@H]2C[C@@]3(C)O[C@H]3C[C@H]2[C@@H]1/C=C/C=C(\C)[C@@H](O)[C@@H](C)CO. The minimum atomic E-state index is -0.598. The molecule has 3 heteroatoms. The molecule has 1 heterocycles. The normalized spacial score (nSPS) is 40.6. The molecular formula is C25H38O3. The summed E-state index contributed by atoms with van der Waals surface area (Å²) in [4.78, 5) is 0. The summed E-state index contributed by atoms with van der Waals surface area (Å²) in [6.45, 7) is 12.7. The molecule has 156 valence electrons. The Morgan fingerprint density at radius 2 is 2.11 bits per heavy atom. The minimum absolute atomic E-state index is 0.00481. The first-order chi connectivity index (χ1) is 13.2. The summed E-state index contributed by atoms with van der Waals surface area (Å²) in [7, 11) is 0. The van der Waals surface area contributed by atoms with E-state index < -0.39 is 6.10 Å². The van der Waals surface area contributed by atoms with Gasteiger partial charge in [0, 0.05) is 18.4 Å². The zero-order chi connectivity index (χ0) is 20.6. The summed E-state index contributed by atoms with van der Waals surface area (Å²) < 4.78 is 6.04. The number of aliphatic hydroxyl groups excluding tert-OH is 2. The molecule has 0 unspecified atom stereocenters. The predicted molar refractivity (Wildman–Crippen MR) is 115 cm³/mol. The lowest BCUT2D eigenvalue weighted by atomic mass is 9.59. The van der Waals surface area contributed by atoms with E-state index in [9.17, 15) is 10.2 Å². The van der Waals surface area contributed by atoms with Gasteiger partial charge in [0.2, 0.25) is 0 Å². The fourth-order valence-electron chi connectivity index (χ4n) is 5.51. The highest BCUT2D eigenvalue weighted by atomic mass is 16.6. The fraction of sp³-hybridized carbons (Fsp3) is 0.680. The van der Waals surface area contributed by atoms with Crippen LogP contribution in [0.3, 0.4) is 0 Å². The monoisotopic (exact) mass is 386 g/mol. The van der Waals surface area contributed by atoms with Crippen LogP contribution in [0.15, 0.2) is 47.1 Å². The van der Waals surface area contributed by atoms with E-state index in [2.05, 4.69) is 52.0 Å². The molecule has 2 N–H and O–H groups in total. The van der Waals surface area contributed by atoms with Gasteiger partial charge in [-0.2, -0.15) is 0 Å². The van der Waals surface area contributed by atoms with Crippen molar-refractivity contribution in [3.63, 3.8) is 0 Å². The molecule has 0 aromatic rings. The number of fused-ring (bicyclic) bond motifs is 2. The highest BCUT2D eigenvalue weighted by Gasteiger charge is 2.59. The van der Waals surface area contributed by atoms with E-state index in [1.807, 2.05) is 19.9 Å². The van der Waals surface area contributed by atoms with Crippen molar-refractivity contribution in [1.29, 1.82) is 0 Å². The summed E-state index contributed by atoms with van der Waals surface area (Å²) in [5, 5.41) is 19.6. The maximum Gasteiger partial charge on any atom is 0.0926 e. The predicted octanol–water partition coefficient (Wildman–Crippen LogP) is 4.82. The third kappa shape index (κ3) is 4.08. The molecule has 0 spiro atoms. The highest BCUT2D eigenvalue weighted by Crippen LogP contribution is 2.57. The Hall–Kier alpha value is -1.16. The van der Waals surface area contributed by atoms with Gasteiger partial charge < -0.3 is 14.9 Å². The molecule has 0 radical (unpaired) electrons. The lowest BCUT2D eigenvalue weighted by molar-refractivity contribution is 0.103. The second-order valence-electron chi connectivity index (χ2n) is 9.59. The van der Waals surface area contributed by atoms with Crippen LogP contribution >= 0.6 is 0 Å². The number of aliphatic hydroxyl groups is 2. The molecule has 2 fully saturated rings. The highest BCUT2D eigenvalue weighted by molar-refractivity contribution is 5.30. The molecular weight excluding hydrogens is 348 g/mol. The smallest absolute Gasteiger partial charge is 0.0926 e. The quantitative estimate of drug-likeness (QED) is 0.391. The van der Waals surface area contributed by atoms with Gasteiger partial charge in [0.05, 0.1) is 17.8 Å². The third-order valence-electron chi connectivity index (χ3n) is 7.49. The standard InChI is InChI=1S/C25H38O3/c1-7-15(2)23-17(4)11-19-13-25(6)22(28-25)12-21(19)20(23)10-8-9-16(3)24(27)18(5)14-26/h7-11,18-24,26-27H,12-14H2,1-6H3/b10-8+,15-7-,16-9+/t18-,19+,20-,21+,22-,23+,24+,25+/m0/s1. The number of epoxide rings is 1. The van der Waals surface area contributed by atoms with Crippen molar-refractivity contribution in [2.45, 2.75) is 72.2 Å². The van der Waals surface area contributed by atoms with Crippen LogP contribution < -0.4 is 0 Å². The van der Waals surface area contributed by atoms with E-state index in [1.165, 1.54) is 11.1 Å². The van der Waals surface area contributed by atoms with Crippen molar-refractivity contribution in [3.8, 4) is 0 Å². The van der Waals surface area contributed by atoms with Crippen molar-refractivity contribution < 1.29 is 14.9 Å². The van der Waals surface area contributed by atoms with Crippen LogP contribution in [0.25, 0.3) is 0 Å². The van der Waals surface area contributed by atoms with Crippen LogP contribution in [0.1, 0.15) is 54.4 Å². The van der Waals surface area contributed by atoms with E-state index in [4.69, 9.17) is 4.74 Å². The molecule has 0 bridgehead atoms. The third-order valence-corrected chi connectivity index (χ3v) is 7.49. The fourth-order valence-corrected chi connectivity index (χ4v) is 5.51. The first kappa shape index (κ1) is 21.5. The average molecular weight is 387 g/mol. The summed E-state index contributed by atoms with van der Waals surface area (Å²) in [6.07, 6.45) is 13.4. The van der Waals surface area contributed by atoms with Gasteiger partial charge in [-0.15, -0.1) is 0 Å². The van der Waals surface area contributed by atoms with E-state index in [1.54, 1.807) is 0 Å². The Morgan fingerprint density at radius 1 is 1.39 bits per heavy atom. The van der Waals surface area contributed by atoms with Crippen LogP contribution in [0, 0.1) is 29.6 Å². The summed E-state index contributed by atoms with van der Waals surface area (Å²) >= 11 is 0. The molecule has 3 aliphatic rings. The first-order valence-corrected chi connectivity index (χ1v) is 10.8. The van der Waals surface area contributed by atoms with Gasteiger partial charge in [-0.05, 0) is 70.8 Å². The van der Waals surface area contributed by atoms with Gasteiger partial charge in [0.1, 0.15) is 0 Å². The Bertz CT molecular complexity index is 701. The molecule has 8 atom stereocenters. The largest absolute Gasteiger partial charge is 0.396 e. The zero-order valence-electron chi connectivity index (χ0n) is 18.4. The second kappa shape index (κ2) is 8.30. The van der Waals surface area contributed by atoms with Gasteiger partial charge in [-0.3, -0.25) is 0 Å². The molecule has 1 aliphatic heterocycles. The number of allylic oxidation sites excluding steroid dienone is 7. The molecule has 0 aromatic heterocycles. The number of ether oxygens (including phenoxy) is 1. The summed E-state index contributed by atoms with van der Waals surface area (Å²) in [5.41, 5.74) is 3.92. The van der Waals surface area contributed by atoms with Crippen molar-refractivity contribution in [2.75, 3.05) is 6.61 Å². The van der Waals surface area contributed by atoms with Gasteiger partial charge in [0.25, 0.3) is 0 Å². The van der Waals surface area contributed by atoms with Gasteiger partial charge >= 0.3 is 0 Å². The lowest BCUT2D eigenvalue weighted by Crippen LogP contribution is -2.39. The molecule has 0 amide bonds. The molecule has 0 aromatic carbocycles. The maximum atomic E-state index is 10.3. The van der Waals surface area contributed by atoms with Crippen molar-refractivity contribution in [3.05, 3.63) is 47.1 Å². The Kier molecular flexibility index (Phi) is 6.38. The summed E-state index contributed by atoms with van der Waals surface area (Å²) in [5.74, 6) is 1.95. The Balaban J connectivity index is 1.85. The van der Waals surface area contributed by atoms with E-state index in [0.717, 1.165) is 18.4 Å². The van der Waals surface area contributed by atoms with Gasteiger partial charge in [-0.1, -0.05) is 48.5 Å². The Morgan fingerprint density at radius 3 is 2.75 bits per heavy atom. The van der Waals surface area contributed by atoms with Crippen LogP contribution in [0.4, 0.5) is 0 Å². The van der Waals surface area contributed by atoms with Crippen LogP contribution in [-0.2, 0) is 4.74 Å². The maximum absolute atomic E-state index is 10.3. The van der Waals surface area contributed by atoms with Crippen molar-refractivity contribution in [2.24, 2.45) is 29.6 Å². The van der Waals surface area contributed by atoms with Crippen molar-refractivity contribution >= 4 is 0 Å². The molecule has 3 rings (SSSR count). The number of rotatable bonds is 6. The molecule has 1 saturated heterocycles. The lowest BCUT2D eigenvalue weighted by Gasteiger charge is -2.44. The minimum Gasteiger partial charge on any atom is -0.396 e. The molecule has 28 heavy (non-hydrogen) atoms. The molecule has 2 aliphatic carbocycles. The number of hydrogen-bond donors (Lipinski definition) is 2. The van der Waals surface area contributed by atoms with Gasteiger partial charge in [-0.25, -0.2) is 0 Å². The van der Waals surface area contributed by atoms with Gasteiger partial charge in [0.15, 0.2) is 0 Å².